The molecule has 2 heterocycles. The second kappa shape index (κ2) is 10.8. The number of carbonyl (C=O) groups is 1. The molecule has 4 rings (SSSR count). The first kappa shape index (κ1) is 27.0. The third-order valence-corrected chi connectivity index (χ3v) is 11.1. The number of aryl methyl sites for hydroxylation is 1. The zero-order chi connectivity index (χ0) is 26.1. The molecule has 1 aliphatic rings. The number of amides is 1. The lowest BCUT2D eigenvalue weighted by molar-refractivity contribution is -0.113. The quantitative estimate of drug-likeness (QED) is 0.292. The third-order valence-electron chi connectivity index (χ3n) is 6.86. The van der Waals surface area contributed by atoms with Crippen LogP contribution in [0.25, 0.3) is 10.2 Å². The van der Waals surface area contributed by atoms with Crippen LogP contribution in [0, 0.1) is 11.3 Å². The largest absolute Gasteiger partial charge is 0.325 e. The highest BCUT2D eigenvalue weighted by Crippen LogP contribution is 2.44. The molecular weight excluding hydrogens is 513 g/mol. The van der Waals surface area contributed by atoms with Gasteiger partial charge >= 0.3 is 0 Å². The Bertz CT molecular complexity index is 1340. The molecule has 1 aliphatic carbocycles. The van der Waals surface area contributed by atoms with Crippen LogP contribution >= 0.6 is 23.1 Å². The minimum Gasteiger partial charge on any atom is -0.325 e. The summed E-state index contributed by atoms with van der Waals surface area (Å²) >= 11 is 3.18. The second-order valence-corrected chi connectivity index (χ2v) is 14.1. The summed E-state index contributed by atoms with van der Waals surface area (Å²) in [4.78, 5) is 24.3. The Morgan fingerprint density at radius 3 is 2.50 bits per heavy atom. The van der Waals surface area contributed by atoms with E-state index in [4.69, 9.17) is 0 Å². The summed E-state index contributed by atoms with van der Waals surface area (Å²) in [6.45, 7) is 11.4. The molecule has 1 N–H and O–H groups in total. The molecule has 0 radical (unpaired) electrons. The number of anilines is 1. The highest BCUT2D eigenvalue weighted by molar-refractivity contribution is 8.00. The smallest absolute Gasteiger partial charge is 0.243 e. The number of nitrogens with zero attached hydrogens (tertiary/aromatic N) is 3. The average Bonchev–Trinajstić information content (AvgIpc) is 3.21. The third kappa shape index (κ3) is 5.61. The maximum absolute atomic E-state index is 12.7. The van der Waals surface area contributed by atoms with Crippen molar-refractivity contribution in [3.63, 3.8) is 0 Å². The number of hydrogen-bond acceptors (Lipinski definition) is 7. The number of rotatable bonds is 8. The molecule has 3 aromatic rings. The van der Waals surface area contributed by atoms with E-state index in [0.29, 0.717) is 24.7 Å². The van der Waals surface area contributed by atoms with Gasteiger partial charge in [-0.05, 0) is 60.4 Å². The summed E-state index contributed by atoms with van der Waals surface area (Å²) in [5.74, 6) is 0.699. The van der Waals surface area contributed by atoms with Gasteiger partial charge in [-0.15, -0.1) is 11.3 Å². The molecular formula is C26H34N4O3S3. The first-order valence-corrected chi connectivity index (χ1v) is 15.6. The van der Waals surface area contributed by atoms with Gasteiger partial charge in [0.15, 0.2) is 0 Å². The Labute approximate surface area is 222 Å². The van der Waals surface area contributed by atoms with Crippen LogP contribution in [0.4, 0.5) is 5.69 Å². The normalized spacial score (nSPS) is 16.3. The fourth-order valence-corrected chi connectivity index (χ4v) is 8.30. The van der Waals surface area contributed by atoms with Crippen LogP contribution in [-0.4, -0.2) is 47.4 Å². The van der Waals surface area contributed by atoms with E-state index in [1.165, 1.54) is 38.6 Å². The monoisotopic (exact) mass is 546 g/mol. The van der Waals surface area contributed by atoms with Gasteiger partial charge in [0, 0.05) is 29.0 Å². The molecule has 1 atom stereocenters. The zero-order valence-corrected chi connectivity index (χ0v) is 23.9. The summed E-state index contributed by atoms with van der Waals surface area (Å²) in [5.41, 5.74) is 2.19. The summed E-state index contributed by atoms with van der Waals surface area (Å²) < 4.78 is 26.7. The van der Waals surface area contributed by atoms with Crippen molar-refractivity contribution in [1.29, 1.82) is 0 Å². The molecule has 0 saturated heterocycles. The van der Waals surface area contributed by atoms with E-state index in [9.17, 15) is 13.2 Å². The van der Waals surface area contributed by atoms with Crippen LogP contribution in [0.15, 0.2) is 40.5 Å². The van der Waals surface area contributed by atoms with Crippen molar-refractivity contribution in [2.75, 3.05) is 24.2 Å². The Hall–Kier alpha value is -2.01. The van der Waals surface area contributed by atoms with E-state index < -0.39 is 10.0 Å². The fourth-order valence-electron chi connectivity index (χ4n) is 4.68. The number of benzene rings is 1. The highest BCUT2D eigenvalue weighted by atomic mass is 32.2. The first-order chi connectivity index (χ1) is 17.0. The number of fused-ring (bicyclic) bond motifs is 3. The van der Waals surface area contributed by atoms with E-state index >= 15 is 0 Å². The van der Waals surface area contributed by atoms with Crippen molar-refractivity contribution in [2.24, 2.45) is 11.3 Å². The zero-order valence-electron chi connectivity index (χ0n) is 21.5. The lowest BCUT2D eigenvalue weighted by Crippen LogP contribution is -2.30. The summed E-state index contributed by atoms with van der Waals surface area (Å²) in [6, 6.07) is 6.32. The molecule has 1 aromatic carbocycles. The van der Waals surface area contributed by atoms with Gasteiger partial charge in [-0.3, -0.25) is 4.79 Å². The second-order valence-electron chi connectivity index (χ2n) is 10.1. The van der Waals surface area contributed by atoms with Crippen LogP contribution < -0.4 is 5.32 Å². The SMILES string of the molecule is CCN(CC)S(=O)(=O)c1ccc(NC(=O)CSc2ncnc3sc4c(c23)CC[C@@H](C(C)(C)C)C4)cc1. The topological polar surface area (TPSA) is 92.3 Å². The van der Waals surface area contributed by atoms with Gasteiger partial charge in [0.2, 0.25) is 15.9 Å². The number of thiophene rings is 1. The van der Waals surface area contributed by atoms with Crippen LogP contribution in [0.1, 0.15) is 51.5 Å². The van der Waals surface area contributed by atoms with Gasteiger partial charge in [-0.1, -0.05) is 46.4 Å². The summed E-state index contributed by atoms with van der Waals surface area (Å²) in [6.07, 6.45) is 4.83. The Balaban J connectivity index is 1.43. The Morgan fingerprint density at radius 2 is 1.86 bits per heavy atom. The van der Waals surface area contributed by atoms with Crippen LogP contribution in [0.5, 0.6) is 0 Å². The van der Waals surface area contributed by atoms with Gasteiger partial charge in [0.1, 0.15) is 16.2 Å². The van der Waals surface area contributed by atoms with Crippen molar-refractivity contribution in [2.45, 2.75) is 63.8 Å². The fraction of sp³-hybridized carbons (Fsp3) is 0.500. The van der Waals surface area contributed by atoms with E-state index in [2.05, 4.69) is 36.1 Å². The van der Waals surface area contributed by atoms with Crippen LogP contribution in [0.3, 0.4) is 0 Å². The Morgan fingerprint density at radius 1 is 1.17 bits per heavy atom. The van der Waals surface area contributed by atoms with E-state index in [0.717, 1.165) is 34.5 Å². The van der Waals surface area contributed by atoms with E-state index in [1.807, 2.05) is 13.8 Å². The molecule has 36 heavy (non-hydrogen) atoms. The number of nitrogens with one attached hydrogen (secondary N) is 1. The van der Waals surface area contributed by atoms with E-state index in [-0.39, 0.29) is 22.0 Å². The predicted octanol–water partition coefficient (Wildman–Crippen LogP) is 5.60. The number of hydrogen-bond donors (Lipinski definition) is 1. The minimum absolute atomic E-state index is 0.164. The summed E-state index contributed by atoms with van der Waals surface area (Å²) in [5, 5.41) is 4.82. The van der Waals surface area contributed by atoms with Gasteiger partial charge in [0.05, 0.1) is 10.6 Å². The minimum atomic E-state index is -3.52. The molecule has 1 amide bonds. The van der Waals surface area contributed by atoms with Gasteiger partial charge in [-0.25, -0.2) is 18.4 Å². The van der Waals surface area contributed by atoms with Gasteiger partial charge in [-0.2, -0.15) is 4.31 Å². The van der Waals surface area contributed by atoms with Crippen molar-refractivity contribution < 1.29 is 13.2 Å². The maximum Gasteiger partial charge on any atom is 0.243 e. The average molecular weight is 547 g/mol. The van der Waals surface area contributed by atoms with Crippen LogP contribution in [0.2, 0.25) is 0 Å². The molecule has 2 aromatic heterocycles. The molecule has 0 spiro atoms. The molecule has 0 aliphatic heterocycles. The van der Waals surface area contributed by atoms with Crippen molar-refractivity contribution in [3.05, 3.63) is 41.0 Å². The molecule has 194 valence electrons. The van der Waals surface area contributed by atoms with Crippen molar-refractivity contribution >= 4 is 54.9 Å². The lowest BCUT2D eigenvalue weighted by atomic mass is 9.72. The number of thioether (sulfide) groups is 1. The number of carbonyl (C=O) groups excluding carboxylic acids is 1. The summed E-state index contributed by atoms with van der Waals surface area (Å²) in [7, 11) is -3.52. The first-order valence-electron chi connectivity index (χ1n) is 12.3. The van der Waals surface area contributed by atoms with Gasteiger partial charge in [0.25, 0.3) is 0 Å². The van der Waals surface area contributed by atoms with Crippen LogP contribution in [-0.2, 0) is 27.7 Å². The molecule has 0 bridgehead atoms. The number of aromatic nitrogens is 2. The number of sulfonamides is 1. The molecule has 0 saturated carbocycles. The maximum atomic E-state index is 12.7. The van der Waals surface area contributed by atoms with Crippen molar-refractivity contribution in [3.8, 4) is 0 Å². The molecule has 0 unspecified atom stereocenters. The highest BCUT2D eigenvalue weighted by Gasteiger charge is 2.31. The predicted molar refractivity (Wildman–Crippen MR) is 148 cm³/mol. The molecule has 10 heteroatoms. The molecule has 0 fully saturated rings. The molecule has 7 nitrogen and oxygen atoms in total. The standard InChI is InChI=1S/C26H34N4O3S3/c1-6-30(7-2)36(32,33)19-11-9-18(10-12-19)29-22(31)15-34-24-23-20-13-8-17(26(3,4)5)14-21(20)35-25(23)28-16-27-24/h9-12,16-17H,6-8,13-15H2,1-5H3,(H,29,31)/t17-/m1/s1. The van der Waals surface area contributed by atoms with Crippen molar-refractivity contribution in [1.82, 2.24) is 14.3 Å². The Kier molecular flexibility index (Phi) is 8.09. The van der Waals surface area contributed by atoms with E-state index in [1.54, 1.807) is 29.8 Å². The van der Waals surface area contributed by atoms with Gasteiger partial charge < -0.3 is 5.32 Å². The lowest BCUT2D eigenvalue weighted by Gasteiger charge is -2.33.